The summed E-state index contributed by atoms with van der Waals surface area (Å²) < 4.78 is 5.36. The van der Waals surface area contributed by atoms with E-state index in [0.29, 0.717) is 32.1 Å². The molecule has 1 aliphatic heterocycles. The summed E-state index contributed by atoms with van der Waals surface area (Å²) in [6.45, 7) is 7.55. The molecule has 2 N–H and O–H groups in total. The van der Waals surface area contributed by atoms with Gasteiger partial charge in [-0.2, -0.15) is 0 Å². The minimum absolute atomic E-state index is 0.0241. The van der Waals surface area contributed by atoms with Crippen LogP contribution >= 0.6 is 0 Å². The molecule has 6 heteroatoms. The van der Waals surface area contributed by atoms with Crippen LogP contribution in [0.5, 0.6) is 0 Å². The first-order chi connectivity index (χ1) is 10.1. The van der Waals surface area contributed by atoms with Gasteiger partial charge in [0, 0.05) is 26.1 Å². The van der Waals surface area contributed by atoms with Crippen molar-refractivity contribution in [3.8, 4) is 0 Å². The van der Waals surface area contributed by atoms with Crippen molar-refractivity contribution >= 4 is 11.9 Å². The fraction of sp³-hybridized carbons (Fsp3) is 0.867. The maximum Gasteiger partial charge on any atom is 0.303 e. The predicted octanol–water partition coefficient (Wildman–Crippen LogP) is 1.10. The van der Waals surface area contributed by atoms with E-state index in [1.165, 1.54) is 0 Å². The minimum atomic E-state index is -0.825. The quantitative estimate of drug-likeness (QED) is 0.624. The van der Waals surface area contributed by atoms with E-state index < -0.39 is 5.97 Å². The zero-order valence-electron chi connectivity index (χ0n) is 13.1. The van der Waals surface area contributed by atoms with Crippen LogP contribution in [0.1, 0.15) is 39.5 Å². The molecular weight excluding hydrogens is 272 g/mol. The monoisotopic (exact) mass is 300 g/mol. The number of ether oxygens (including phenoxy) is 1. The number of morpholine rings is 1. The van der Waals surface area contributed by atoms with Gasteiger partial charge in [-0.05, 0) is 12.3 Å². The Bertz CT molecular complexity index is 326. The zero-order valence-corrected chi connectivity index (χ0v) is 13.1. The molecule has 1 saturated heterocycles. The highest BCUT2D eigenvalue weighted by molar-refractivity contribution is 5.82. The summed E-state index contributed by atoms with van der Waals surface area (Å²) >= 11 is 0. The molecule has 0 aliphatic carbocycles. The molecule has 0 spiro atoms. The van der Waals surface area contributed by atoms with Crippen LogP contribution in [-0.4, -0.2) is 60.8 Å². The number of carbonyl (C=O) groups excluding carboxylic acids is 1. The first-order valence-corrected chi connectivity index (χ1v) is 7.91. The third-order valence-electron chi connectivity index (χ3n) is 4.07. The van der Waals surface area contributed by atoms with Crippen LogP contribution in [0.15, 0.2) is 0 Å². The Morgan fingerprint density at radius 3 is 2.38 bits per heavy atom. The Hall–Kier alpha value is -1.14. The van der Waals surface area contributed by atoms with Crippen LogP contribution < -0.4 is 5.32 Å². The average molecular weight is 300 g/mol. The Balaban J connectivity index is 2.57. The number of nitrogens with one attached hydrogen (secondary N) is 1. The van der Waals surface area contributed by atoms with Crippen LogP contribution in [0.3, 0.4) is 0 Å². The van der Waals surface area contributed by atoms with Crippen molar-refractivity contribution in [1.82, 2.24) is 10.2 Å². The molecule has 0 bridgehead atoms. The molecule has 1 rings (SSSR count). The number of carboxylic acid groups (broad SMARTS) is 1. The van der Waals surface area contributed by atoms with E-state index in [-0.39, 0.29) is 18.4 Å². The Morgan fingerprint density at radius 1 is 1.24 bits per heavy atom. The van der Waals surface area contributed by atoms with Crippen molar-refractivity contribution in [3.05, 3.63) is 0 Å². The fourth-order valence-electron chi connectivity index (χ4n) is 2.82. The second kappa shape index (κ2) is 9.73. The highest BCUT2D eigenvalue weighted by Crippen LogP contribution is 2.20. The van der Waals surface area contributed by atoms with Crippen LogP contribution in [0.2, 0.25) is 0 Å². The van der Waals surface area contributed by atoms with Gasteiger partial charge < -0.3 is 15.2 Å². The van der Waals surface area contributed by atoms with Crippen LogP contribution in [0, 0.1) is 5.92 Å². The SMILES string of the molecule is CCC(CC)C(C(=O)NCCCC(=O)O)N1CCOCC1. The minimum Gasteiger partial charge on any atom is -0.481 e. The molecule has 1 amide bonds. The van der Waals surface area contributed by atoms with Gasteiger partial charge in [-0.25, -0.2) is 0 Å². The van der Waals surface area contributed by atoms with Gasteiger partial charge in [-0.3, -0.25) is 14.5 Å². The van der Waals surface area contributed by atoms with Crippen LogP contribution in [0.4, 0.5) is 0 Å². The topological polar surface area (TPSA) is 78.9 Å². The Labute approximate surface area is 126 Å². The molecule has 1 atom stereocenters. The number of hydrogen-bond donors (Lipinski definition) is 2. The van der Waals surface area contributed by atoms with E-state index in [1.54, 1.807) is 0 Å². The summed E-state index contributed by atoms with van der Waals surface area (Å²) in [6, 6.07) is -0.131. The lowest BCUT2D eigenvalue weighted by Crippen LogP contribution is -2.54. The molecule has 0 aromatic carbocycles. The molecule has 0 saturated carbocycles. The first kappa shape index (κ1) is 17.9. The Kier molecular flexibility index (Phi) is 8.30. The summed E-state index contributed by atoms with van der Waals surface area (Å²) in [5.74, 6) is -0.479. The zero-order chi connectivity index (χ0) is 15.7. The first-order valence-electron chi connectivity index (χ1n) is 7.91. The molecule has 1 unspecified atom stereocenters. The summed E-state index contributed by atoms with van der Waals surface area (Å²) in [5, 5.41) is 11.5. The Morgan fingerprint density at radius 2 is 1.86 bits per heavy atom. The van der Waals surface area contributed by atoms with E-state index in [4.69, 9.17) is 9.84 Å². The average Bonchev–Trinajstić information content (AvgIpc) is 2.49. The molecule has 122 valence electrons. The largest absolute Gasteiger partial charge is 0.481 e. The van der Waals surface area contributed by atoms with Crippen molar-refractivity contribution in [2.24, 2.45) is 5.92 Å². The van der Waals surface area contributed by atoms with Crippen molar-refractivity contribution in [2.45, 2.75) is 45.6 Å². The lowest BCUT2D eigenvalue weighted by molar-refractivity contribution is -0.137. The lowest BCUT2D eigenvalue weighted by atomic mass is 9.91. The van der Waals surface area contributed by atoms with E-state index in [2.05, 4.69) is 24.1 Å². The second-order valence-corrected chi connectivity index (χ2v) is 5.46. The van der Waals surface area contributed by atoms with Gasteiger partial charge in [0.15, 0.2) is 0 Å². The third-order valence-corrected chi connectivity index (χ3v) is 4.07. The molecule has 1 heterocycles. The number of hydrogen-bond acceptors (Lipinski definition) is 4. The smallest absolute Gasteiger partial charge is 0.303 e. The van der Waals surface area contributed by atoms with Crippen molar-refractivity contribution < 1.29 is 19.4 Å². The van der Waals surface area contributed by atoms with Gasteiger partial charge >= 0.3 is 5.97 Å². The summed E-state index contributed by atoms with van der Waals surface area (Å²) in [4.78, 5) is 25.2. The van der Waals surface area contributed by atoms with Gasteiger partial charge in [0.05, 0.1) is 19.3 Å². The third kappa shape index (κ3) is 6.01. The molecule has 6 nitrogen and oxygen atoms in total. The summed E-state index contributed by atoms with van der Waals surface area (Å²) in [5.41, 5.74) is 0. The number of carboxylic acids is 1. The van der Waals surface area contributed by atoms with Gasteiger partial charge in [0.1, 0.15) is 0 Å². The standard InChI is InChI=1S/C15H28N2O4/c1-3-12(4-2)14(17-8-10-21-11-9-17)15(20)16-7-5-6-13(18)19/h12,14H,3-11H2,1-2H3,(H,16,20)(H,18,19). The molecule has 1 aliphatic rings. The molecule has 0 aromatic heterocycles. The normalized spacial score (nSPS) is 17.7. The number of nitrogens with zero attached hydrogens (tertiary/aromatic N) is 1. The highest BCUT2D eigenvalue weighted by atomic mass is 16.5. The number of carbonyl (C=O) groups is 2. The fourth-order valence-corrected chi connectivity index (χ4v) is 2.82. The van der Waals surface area contributed by atoms with E-state index in [0.717, 1.165) is 25.9 Å². The highest BCUT2D eigenvalue weighted by Gasteiger charge is 2.32. The van der Waals surface area contributed by atoms with E-state index in [1.807, 2.05) is 0 Å². The van der Waals surface area contributed by atoms with Crippen molar-refractivity contribution in [2.75, 3.05) is 32.8 Å². The van der Waals surface area contributed by atoms with Gasteiger partial charge in [-0.1, -0.05) is 26.7 Å². The second-order valence-electron chi connectivity index (χ2n) is 5.46. The summed E-state index contributed by atoms with van der Waals surface area (Å²) in [6.07, 6.45) is 2.48. The summed E-state index contributed by atoms with van der Waals surface area (Å²) in [7, 11) is 0. The van der Waals surface area contributed by atoms with E-state index in [9.17, 15) is 9.59 Å². The maximum absolute atomic E-state index is 12.5. The van der Waals surface area contributed by atoms with Gasteiger partial charge in [0.25, 0.3) is 0 Å². The predicted molar refractivity (Wildman–Crippen MR) is 80.1 cm³/mol. The number of aliphatic carboxylic acids is 1. The van der Waals surface area contributed by atoms with E-state index >= 15 is 0 Å². The molecule has 0 aromatic rings. The van der Waals surface area contributed by atoms with Crippen LogP contribution in [-0.2, 0) is 14.3 Å². The lowest BCUT2D eigenvalue weighted by Gasteiger charge is -2.37. The van der Waals surface area contributed by atoms with Crippen molar-refractivity contribution in [3.63, 3.8) is 0 Å². The van der Waals surface area contributed by atoms with Gasteiger partial charge in [-0.15, -0.1) is 0 Å². The number of rotatable bonds is 9. The van der Waals surface area contributed by atoms with Crippen molar-refractivity contribution in [1.29, 1.82) is 0 Å². The van der Waals surface area contributed by atoms with Crippen LogP contribution in [0.25, 0.3) is 0 Å². The molecular formula is C15H28N2O4. The molecule has 0 radical (unpaired) electrons. The maximum atomic E-state index is 12.5. The number of amides is 1. The molecule has 21 heavy (non-hydrogen) atoms. The van der Waals surface area contributed by atoms with Gasteiger partial charge in [0.2, 0.25) is 5.91 Å². The molecule has 1 fully saturated rings.